The fourth-order valence-corrected chi connectivity index (χ4v) is 7.96. The second-order valence-corrected chi connectivity index (χ2v) is 11.0. The van der Waals surface area contributed by atoms with Crippen molar-refractivity contribution in [3.05, 3.63) is 16.6 Å². The first-order chi connectivity index (χ1) is 13.8. The third-order valence-corrected chi connectivity index (χ3v) is 8.41. The summed E-state index contributed by atoms with van der Waals surface area (Å²) in [6.07, 6.45) is 1.08. The Bertz CT molecular complexity index is 919. The van der Waals surface area contributed by atoms with Crippen molar-refractivity contribution in [2.75, 3.05) is 29.6 Å². The molecule has 2 atom stereocenters. The summed E-state index contributed by atoms with van der Waals surface area (Å²) in [5, 5.41) is 0.404. The number of carbonyl (C=O) groups is 1. The van der Waals surface area contributed by atoms with Gasteiger partial charge in [0.05, 0.1) is 35.2 Å². The Kier molecular flexibility index (Phi) is 7.16. The lowest BCUT2D eigenvalue weighted by atomic mass is 10.2. The zero-order chi connectivity index (χ0) is 21.2. The maximum absolute atomic E-state index is 12.2. The second-order valence-electron chi connectivity index (χ2n) is 6.83. The Morgan fingerprint density at radius 1 is 1.24 bits per heavy atom. The molecule has 0 N–H and O–H groups in total. The van der Waals surface area contributed by atoms with Crippen LogP contribution < -0.4 is 14.4 Å². The molecule has 29 heavy (non-hydrogen) atoms. The van der Waals surface area contributed by atoms with E-state index in [0.717, 1.165) is 5.69 Å². The van der Waals surface area contributed by atoms with Gasteiger partial charge in [0.15, 0.2) is 26.5 Å². The number of nitrogens with zero attached hydrogens (tertiary/aromatic N) is 2. The van der Waals surface area contributed by atoms with Crippen LogP contribution >= 0.6 is 27.7 Å². The summed E-state index contributed by atoms with van der Waals surface area (Å²) in [5.41, 5.74) is 0.726. The highest BCUT2D eigenvalue weighted by atomic mass is 79.9. The van der Waals surface area contributed by atoms with Gasteiger partial charge in [-0.15, -0.1) is 0 Å². The highest BCUT2D eigenvalue weighted by Gasteiger charge is 2.49. The Morgan fingerprint density at radius 3 is 2.62 bits per heavy atom. The van der Waals surface area contributed by atoms with E-state index in [-0.39, 0.29) is 28.7 Å². The van der Waals surface area contributed by atoms with Gasteiger partial charge in [0.25, 0.3) is 0 Å². The molecular formula is C19H25BrN2O5S2. The van der Waals surface area contributed by atoms with E-state index >= 15 is 0 Å². The molecule has 2 aliphatic heterocycles. The largest absolute Gasteiger partial charge is 0.490 e. The Labute approximate surface area is 184 Å². The van der Waals surface area contributed by atoms with Crippen LogP contribution in [0.5, 0.6) is 11.5 Å². The van der Waals surface area contributed by atoms with Gasteiger partial charge in [0.2, 0.25) is 5.91 Å². The van der Waals surface area contributed by atoms with Gasteiger partial charge in [-0.2, -0.15) is 4.99 Å². The predicted molar refractivity (Wildman–Crippen MR) is 120 cm³/mol. The van der Waals surface area contributed by atoms with Crippen molar-refractivity contribution in [2.45, 2.75) is 44.9 Å². The van der Waals surface area contributed by atoms with Gasteiger partial charge < -0.3 is 14.4 Å². The molecule has 2 heterocycles. The molecule has 0 spiro atoms. The molecule has 10 heteroatoms. The van der Waals surface area contributed by atoms with E-state index in [9.17, 15) is 13.2 Å². The number of hydrogen-bond acceptors (Lipinski definition) is 6. The maximum Gasteiger partial charge on any atom is 0.248 e. The number of rotatable bonds is 7. The van der Waals surface area contributed by atoms with Crippen LogP contribution in [0.2, 0.25) is 0 Å². The Hall–Kier alpha value is -1.26. The summed E-state index contributed by atoms with van der Waals surface area (Å²) in [6.45, 7) is 6.65. The van der Waals surface area contributed by atoms with Gasteiger partial charge in [0, 0.05) is 23.4 Å². The van der Waals surface area contributed by atoms with Crippen LogP contribution in [0.25, 0.3) is 0 Å². The van der Waals surface area contributed by atoms with Gasteiger partial charge in [-0.05, 0) is 42.3 Å². The standard InChI is InChI=1S/C19H25BrN2O5S2/c1-4-7-17(23)21-19-22(14-10-29(24,25)11-16(14)28-19)12-8-13(20)18(27-6-3)15(9-12)26-5-2/h8-9,14,16H,4-7,10-11H2,1-3H3/t14-,16-/m0/s1. The number of ether oxygens (including phenoxy) is 2. The third-order valence-electron chi connectivity index (χ3n) is 4.61. The van der Waals surface area contributed by atoms with E-state index in [1.807, 2.05) is 37.8 Å². The molecule has 0 bridgehead atoms. The summed E-state index contributed by atoms with van der Waals surface area (Å²) in [7, 11) is -3.13. The van der Waals surface area contributed by atoms with E-state index in [0.29, 0.717) is 47.2 Å². The van der Waals surface area contributed by atoms with Gasteiger partial charge in [0.1, 0.15) is 0 Å². The molecule has 7 nitrogen and oxygen atoms in total. The minimum absolute atomic E-state index is 0.0421. The van der Waals surface area contributed by atoms with Gasteiger partial charge in [-0.25, -0.2) is 8.42 Å². The minimum atomic E-state index is -3.13. The van der Waals surface area contributed by atoms with Crippen molar-refractivity contribution in [3.8, 4) is 11.5 Å². The lowest BCUT2D eigenvalue weighted by molar-refractivity contribution is -0.117. The molecule has 2 fully saturated rings. The normalized spacial score (nSPS) is 24.0. The van der Waals surface area contributed by atoms with E-state index < -0.39 is 9.84 Å². The van der Waals surface area contributed by atoms with Crippen molar-refractivity contribution < 1.29 is 22.7 Å². The molecule has 0 saturated carbocycles. The molecule has 3 rings (SSSR count). The number of hydrogen-bond donors (Lipinski definition) is 0. The molecule has 0 aliphatic carbocycles. The molecule has 1 aromatic rings. The summed E-state index contributed by atoms with van der Waals surface area (Å²) in [5.74, 6) is 1.10. The molecule has 160 valence electrons. The number of amidine groups is 1. The van der Waals surface area contributed by atoms with Crippen LogP contribution in [-0.4, -0.2) is 55.5 Å². The lowest BCUT2D eigenvalue weighted by Crippen LogP contribution is -2.37. The topological polar surface area (TPSA) is 85.3 Å². The fourth-order valence-electron chi connectivity index (χ4n) is 3.48. The molecule has 0 aromatic heterocycles. The quantitative estimate of drug-likeness (QED) is 0.559. The monoisotopic (exact) mass is 504 g/mol. The number of aliphatic imine (C=N–C) groups is 1. The molecule has 2 saturated heterocycles. The van der Waals surface area contributed by atoms with E-state index in [1.54, 1.807) is 0 Å². The first kappa shape index (κ1) is 22.4. The van der Waals surface area contributed by atoms with Gasteiger partial charge >= 0.3 is 0 Å². The number of thioether (sulfide) groups is 1. The highest BCUT2D eigenvalue weighted by Crippen LogP contribution is 2.45. The summed E-state index contributed by atoms with van der Waals surface area (Å²) < 4.78 is 36.6. The van der Waals surface area contributed by atoms with Gasteiger partial charge in [-0.3, -0.25) is 4.79 Å². The van der Waals surface area contributed by atoms with E-state index in [4.69, 9.17) is 9.47 Å². The summed E-state index contributed by atoms with van der Waals surface area (Å²) in [4.78, 5) is 18.4. The van der Waals surface area contributed by atoms with Crippen molar-refractivity contribution in [3.63, 3.8) is 0 Å². The average Bonchev–Trinajstić information content (AvgIpc) is 3.08. The van der Waals surface area contributed by atoms with Crippen molar-refractivity contribution in [1.82, 2.24) is 0 Å². The van der Waals surface area contributed by atoms with Gasteiger partial charge in [-0.1, -0.05) is 18.7 Å². The van der Waals surface area contributed by atoms with Crippen LogP contribution in [0.3, 0.4) is 0 Å². The SMILES string of the molecule is CCCC(=O)N=C1S[C@H]2CS(=O)(=O)C[C@@H]2N1c1cc(Br)c(OCC)c(OCC)c1. The molecule has 1 amide bonds. The number of anilines is 1. The predicted octanol–water partition coefficient (Wildman–Crippen LogP) is 3.65. The van der Waals surface area contributed by atoms with E-state index in [2.05, 4.69) is 20.9 Å². The number of sulfone groups is 1. The summed E-state index contributed by atoms with van der Waals surface area (Å²) >= 11 is 4.91. The number of fused-ring (bicyclic) bond motifs is 1. The molecule has 1 aromatic carbocycles. The zero-order valence-electron chi connectivity index (χ0n) is 16.7. The first-order valence-electron chi connectivity index (χ1n) is 9.66. The Morgan fingerprint density at radius 2 is 1.97 bits per heavy atom. The first-order valence-corrected chi connectivity index (χ1v) is 13.2. The number of benzene rings is 1. The Balaban J connectivity index is 2.07. The number of carbonyl (C=O) groups excluding carboxylic acids is 1. The molecule has 0 unspecified atom stereocenters. The maximum atomic E-state index is 12.2. The zero-order valence-corrected chi connectivity index (χ0v) is 19.9. The molecule has 2 aliphatic rings. The van der Waals surface area contributed by atoms with Crippen LogP contribution in [-0.2, 0) is 14.6 Å². The minimum Gasteiger partial charge on any atom is -0.490 e. The fraction of sp³-hybridized carbons (Fsp3) is 0.579. The van der Waals surface area contributed by atoms with Crippen molar-refractivity contribution in [2.24, 2.45) is 4.99 Å². The third kappa shape index (κ3) is 4.91. The molecule has 0 radical (unpaired) electrons. The van der Waals surface area contributed by atoms with Crippen molar-refractivity contribution in [1.29, 1.82) is 0 Å². The summed E-state index contributed by atoms with van der Waals surface area (Å²) in [6, 6.07) is 3.42. The van der Waals surface area contributed by atoms with Crippen LogP contribution in [0, 0.1) is 0 Å². The lowest BCUT2D eigenvalue weighted by Gasteiger charge is -2.26. The second kappa shape index (κ2) is 9.26. The smallest absolute Gasteiger partial charge is 0.248 e. The van der Waals surface area contributed by atoms with Crippen LogP contribution in [0.1, 0.15) is 33.6 Å². The number of halogens is 1. The van der Waals surface area contributed by atoms with Crippen molar-refractivity contribution >= 4 is 54.3 Å². The van der Waals surface area contributed by atoms with Crippen LogP contribution in [0.15, 0.2) is 21.6 Å². The molecular weight excluding hydrogens is 480 g/mol. The van der Waals surface area contributed by atoms with E-state index in [1.165, 1.54) is 11.8 Å². The highest BCUT2D eigenvalue weighted by molar-refractivity contribution is 9.10. The average molecular weight is 505 g/mol. The van der Waals surface area contributed by atoms with Crippen LogP contribution in [0.4, 0.5) is 5.69 Å². The number of amides is 1.